The van der Waals surface area contributed by atoms with Crippen LogP contribution in [-0.4, -0.2) is 0 Å². The molecule has 270 valence electrons. The minimum absolute atomic E-state index is 1.20. The number of benzene rings is 11. The first-order valence-electron chi connectivity index (χ1n) is 20.1. The molecule has 0 fully saturated rings. The van der Waals surface area contributed by atoms with E-state index in [0.717, 1.165) is 0 Å². The van der Waals surface area contributed by atoms with Crippen molar-refractivity contribution in [3.63, 3.8) is 0 Å². The molecule has 0 nitrogen and oxygen atoms in total. The van der Waals surface area contributed by atoms with Crippen LogP contribution in [0.25, 0.3) is 110 Å². The summed E-state index contributed by atoms with van der Waals surface area (Å²) in [6, 6.07) is 84.7. The van der Waals surface area contributed by atoms with Crippen LogP contribution in [-0.2, 0) is 0 Å². The summed E-state index contributed by atoms with van der Waals surface area (Å²) in [4.78, 5) is 0. The highest BCUT2D eigenvalue weighted by molar-refractivity contribution is 6.23. The quantitative estimate of drug-likeness (QED) is 0.149. The highest BCUT2D eigenvalue weighted by atomic mass is 14.2. The molecule has 0 heterocycles. The molecule has 0 aliphatic carbocycles. The van der Waals surface area contributed by atoms with E-state index in [0.29, 0.717) is 0 Å². The summed E-state index contributed by atoms with van der Waals surface area (Å²) >= 11 is 0. The van der Waals surface area contributed by atoms with Crippen LogP contribution in [0, 0.1) is 0 Å². The molecule has 0 aliphatic heterocycles. The van der Waals surface area contributed by atoms with Gasteiger partial charge in [0.25, 0.3) is 0 Å². The number of hydrogen-bond acceptors (Lipinski definition) is 0. The third-order valence-corrected chi connectivity index (χ3v) is 11.8. The zero-order valence-electron chi connectivity index (χ0n) is 31.9. The van der Waals surface area contributed by atoms with Crippen molar-refractivity contribution in [3.05, 3.63) is 231 Å². The summed E-state index contributed by atoms with van der Waals surface area (Å²) in [5.74, 6) is 0. The molecule has 11 aromatic rings. The highest BCUT2D eigenvalue weighted by Crippen LogP contribution is 2.48. The van der Waals surface area contributed by atoms with Gasteiger partial charge in [-0.05, 0) is 134 Å². The van der Waals surface area contributed by atoms with Gasteiger partial charge in [0.15, 0.2) is 0 Å². The molecule has 0 heteroatoms. The molecule has 0 N–H and O–H groups in total. The molecule has 0 spiro atoms. The molecule has 0 saturated carbocycles. The van der Waals surface area contributed by atoms with Gasteiger partial charge < -0.3 is 0 Å². The maximum atomic E-state index is 2.45. The molecule has 0 unspecified atom stereocenters. The Kier molecular flexibility index (Phi) is 8.26. The lowest BCUT2D eigenvalue weighted by Gasteiger charge is -2.21. The average Bonchev–Trinajstić information content (AvgIpc) is 3.31. The van der Waals surface area contributed by atoms with E-state index in [4.69, 9.17) is 0 Å². The van der Waals surface area contributed by atoms with Crippen LogP contribution in [0.5, 0.6) is 0 Å². The summed E-state index contributed by atoms with van der Waals surface area (Å²) in [6.45, 7) is 0. The lowest BCUT2D eigenvalue weighted by Crippen LogP contribution is -1.94. The molecule has 11 aromatic carbocycles. The Morgan fingerprint density at radius 2 is 0.586 bits per heavy atom. The van der Waals surface area contributed by atoms with Crippen molar-refractivity contribution in [2.24, 2.45) is 0 Å². The van der Waals surface area contributed by atoms with Gasteiger partial charge in [-0.2, -0.15) is 0 Å². The summed E-state index contributed by atoms with van der Waals surface area (Å²) in [6.07, 6.45) is 0. The Morgan fingerprint density at radius 1 is 0.172 bits per heavy atom. The monoisotopic (exact) mass is 734 g/mol. The van der Waals surface area contributed by atoms with Crippen LogP contribution in [0.3, 0.4) is 0 Å². The van der Waals surface area contributed by atoms with Crippen molar-refractivity contribution < 1.29 is 0 Å². The zero-order valence-corrected chi connectivity index (χ0v) is 31.9. The Hall–Kier alpha value is -7.54. The SMILES string of the molecule is c1ccc(-c2cc3ccccc3cc2-c2ccc3c(c2)c(-c2ccccc2)c(-c2ccccc2)c2cc(-c4ccccc4-c4cccc5ccccc45)ccc23)cc1. The van der Waals surface area contributed by atoms with E-state index in [1.165, 1.54) is 110 Å². The van der Waals surface area contributed by atoms with E-state index in [1.54, 1.807) is 0 Å². The molecule has 58 heavy (non-hydrogen) atoms. The fraction of sp³-hybridized carbons (Fsp3) is 0. The number of rotatable bonds is 6. The van der Waals surface area contributed by atoms with Crippen LogP contribution in [0.2, 0.25) is 0 Å². The molecule has 0 aliphatic rings. The van der Waals surface area contributed by atoms with Crippen molar-refractivity contribution in [3.8, 4) is 66.8 Å². The highest BCUT2D eigenvalue weighted by Gasteiger charge is 2.21. The first-order chi connectivity index (χ1) is 28.8. The van der Waals surface area contributed by atoms with Crippen LogP contribution in [0.15, 0.2) is 231 Å². The van der Waals surface area contributed by atoms with Crippen molar-refractivity contribution in [1.82, 2.24) is 0 Å². The second-order valence-corrected chi connectivity index (χ2v) is 15.2. The molecule has 0 aromatic heterocycles. The molecule has 0 bridgehead atoms. The van der Waals surface area contributed by atoms with Gasteiger partial charge in [-0.25, -0.2) is 0 Å². The maximum absolute atomic E-state index is 2.45. The predicted molar refractivity (Wildman–Crippen MR) is 249 cm³/mol. The summed E-state index contributed by atoms with van der Waals surface area (Å²) in [5.41, 5.74) is 14.7. The average molecular weight is 735 g/mol. The summed E-state index contributed by atoms with van der Waals surface area (Å²) in [5, 5.41) is 9.96. The van der Waals surface area contributed by atoms with Crippen LogP contribution in [0.4, 0.5) is 0 Å². The fourth-order valence-corrected chi connectivity index (χ4v) is 9.15. The van der Waals surface area contributed by atoms with Gasteiger partial charge in [0, 0.05) is 0 Å². The second kappa shape index (κ2) is 14.2. The lowest BCUT2D eigenvalue weighted by molar-refractivity contribution is 1.60. The first-order valence-corrected chi connectivity index (χ1v) is 20.1. The molecule has 0 saturated heterocycles. The van der Waals surface area contributed by atoms with Crippen LogP contribution >= 0.6 is 0 Å². The van der Waals surface area contributed by atoms with E-state index in [-0.39, 0.29) is 0 Å². The zero-order chi connectivity index (χ0) is 38.4. The van der Waals surface area contributed by atoms with Gasteiger partial charge in [0.1, 0.15) is 0 Å². The molecular formula is C58H38. The normalized spacial score (nSPS) is 11.4. The Morgan fingerprint density at radius 3 is 1.17 bits per heavy atom. The minimum Gasteiger partial charge on any atom is -0.0622 e. The van der Waals surface area contributed by atoms with Crippen molar-refractivity contribution in [2.45, 2.75) is 0 Å². The van der Waals surface area contributed by atoms with Gasteiger partial charge in [0.2, 0.25) is 0 Å². The molecule has 0 radical (unpaired) electrons. The lowest BCUT2D eigenvalue weighted by atomic mass is 9.82. The molecule has 11 rings (SSSR count). The van der Waals surface area contributed by atoms with Crippen molar-refractivity contribution in [1.29, 1.82) is 0 Å². The minimum atomic E-state index is 1.20. The number of fused-ring (bicyclic) bond motifs is 5. The van der Waals surface area contributed by atoms with Crippen LogP contribution < -0.4 is 0 Å². The van der Waals surface area contributed by atoms with E-state index in [2.05, 4.69) is 231 Å². The van der Waals surface area contributed by atoms with Crippen LogP contribution in [0.1, 0.15) is 0 Å². The van der Waals surface area contributed by atoms with E-state index >= 15 is 0 Å². The first kappa shape index (κ1) is 33.8. The predicted octanol–water partition coefficient (Wildman–Crippen LogP) is 16.3. The topological polar surface area (TPSA) is 0 Å². The van der Waals surface area contributed by atoms with Gasteiger partial charge in [-0.15, -0.1) is 0 Å². The van der Waals surface area contributed by atoms with E-state index in [9.17, 15) is 0 Å². The maximum Gasteiger partial charge on any atom is -0.00201 e. The summed E-state index contributed by atoms with van der Waals surface area (Å²) in [7, 11) is 0. The van der Waals surface area contributed by atoms with E-state index in [1.807, 2.05) is 0 Å². The number of hydrogen-bond donors (Lipinski definition) is 0. The molecule has 0 amide bonds. The smallest absolute Gasteiger partial charge is 0.00201 e. The van der Waals surface area contributed by atoms with Gasteiger partial charge >= 0.3 is 0 Å². The van der Waals surface area contributed by atoms with Crippen molar-refractivity contribution >= 4 is 43.1 Å². The Balaban J connectivity index is 1.22. The third-order valence-electron chi connectivity index (χ3n) is 11.8. The van der Waals surface area contributed by atoms with E-state index < -0.39 is 0 Å². The molecular weight excluding hydrogens is 697 g/mol. The Labute approximate surface area is 339 Å². The Bertz CT molecular complexity index is 3300. The fourth-order valence-electron chi connectivity index (χ4n) is 9.15. The molecule has 0 atom stereocenters. The van der Waals surface area contributed by atoms with Gasteiger partial charge in [-0.3, -0.25) is 0 Å². The van der Waals surface area contributed by atoms with Gasteiger partial charge in [0.05, 0.1) is 0 Å². The largest absolute Gasteiger partial charge is 0.0622 e. The standard InChI is InChI=1S/C58H38/c1-4-17-40(18-5-1)53-35-43-24-10-11-25-44(43)36-54(53)46-32-34-52-51-33-31-45(48-28-14-15-29-49(48)50-30-16-26-39-19-12-13-27-47(39)50)37-55(51)57(41-20-6-2-7-21-41)58(56(52)38-46)42-22-8-3-9-23-42/h1-38H. The third kappa shape index (κ3) is 5.78. The van der Waals surface area contributed by atoms with Gasteiger partial charge in [-0.1, -0.05) is 206 Å². The van der Waals surface area contributed by atoms with Crippen molar-refractivity contribution in [2.75, 3.05) is 0 Å². The summed E-state index contributed by atoms with van der Waals surface area (Å²) < 4.78 is 0. The second-order valence-electron chi connectivity index (χ2n) is 15.2.